The zero-order valence-corrected chi connectivity index (χ0v) is 47.4. The number of hydrogen-bond acceptors (Lipinski definition) is 23. The molecule has 3 aromatic carbocycles. The third-order valence-electron chi connectivity index (χ3n) is 16.4. The van der Waals surface area contributed by atoms with Gasteiger partial charge >= 0.3 is 35.8 Å². The lowest BCUT2D eigenvalue weighted by Crippen LogP contribution is -2.82. The minimum absolute atomic E-state index is 0.00873. The number of rotatable bonds is 25. The maximum atomic E-state index is 15.8. The zero-order chi connectivity index (χ0) is 61.3. The first-order chi connectivity index (χ1) is 39.9. The molecular weight excluding hydrogens is 1100 g/mol. The summed E-state index contributed by atoms with van der Waals surface area (Å²) in [5.74, 6) is -9.85. The maximum Gasteiger partial charge on any atom is 0.350 e. The third-order valence-corrected chi connectivity index (χ3v) is 16.4. The molecule has 1 aliphatic heterocycles. The van der Waals surface area contributed by atoms with Gasteiger partial charge in [-0.1, -0.05) is 80.6 Å². The van der Waals surface area contributed by atoms with E-state index in [1.165, 1.54) is 64.1 Å². The summed E-state index contributed by atoms with van der Waals surface area (Å²) in [5, 5.41) is 67.2. The Morgan fingerprint density at radius 3 is 1.75 bits per heavy atom. The highest BCUT2D eigenvalue weighted by Crippen LogP contribution is 2.64. The number of fused-ring (bicyclic) bond motifs is 5. The Labute approximate surface area is 484 Å². The van der Waals surface area contributed by atoms with Crippen molar-refractivity contribution >= 4 is 47.5 Å². The largest absolute Gasteiger partial charge is 0.457 e. The second-order valence-electron chi connectivity index (χ2n) is 22.1. The molecule has 24 nitrogen and oxygen atoms in total. The van der Waals surface area contributed by atoms with Gasteiger partial charge in [0.2, 0.25) is 6.10 Å². The number of ether oxygens (including phenoxy) is 9. The lowest BCUT2D eigenvalue weighted by Gasteiger charge is -2.67. The summed E-state index contributed by atoms with van der Waals surface area (Å²) in [7, 11) is 0. The van der Waals surface area contributed by atoms with E-state index in [-0.39, 0.29) is 34.3 Å². The molecule has 11 atom stereocenters. The molecule has 7 N–H and O–H groups in total. The second-order valence-corrected chi connectivity index (χ2v) is 22.1. The highest BCUT2D eigenvalue weighted by molar-refractivity contribution is 5.96. The van der Waals surface area contributed by atoms with E-state index in [0.717, 1.165) is 13.8 Å². The summed E-state index contributed by atoms with van der Waals surface area (Å²) in [6.07, 6.45) is -16.5. The first kappa shape index (κ1) is 64.6. The standard InChI is InChI=1S/C60H73NO23/c1-33-42(25-60(75)53(83-55(73)38-20-14-9-15-21-38)51-58(6,43(68)24-44-59(51,32-78-44)84-35(3)67)52(71)49(79-34(2)66)47(33)57(60,4)5)81-56(74)50(48(36-16-10-7-11-17-36)61-54(72)37-18-12-8-13-19-37)82-46(70)23-22-45(69)80-41(30-76-39(26-62)27-63)31-77-40(28-64)29-65/h7-21,39-44,48-51,53,62-65,68,75H,22-32H2,1-6H3,(H,61,72)/t42-,43-,44+,48-,49+,50+,51-,53-,58+,59-,60+/m0/s1. The van der Waals surface area contributed by atoms with Crippen LogP contribution in [0.2, 0.25) is 0 Å². The van der Waals surface area contributed by atoms with Crippen LogP contribution in [0.4, 0.5) is 0 Å². The Hall–Kier alpha value is -7.00. The van der Waals surface area contributed by atoms with E-state index in [1.54, 1.807) is 54.6 Å². The van der Waals surface area contributed by atoms with Crippen LogP contribution in [0.15, 0.2) is 102 Å². The smallest absolute Gasteiger partial charge is 0.350 e. The molecule has 456 valence electrons. The van der Waals surface area contributed by atoms with Gasteiger partial charge in [-0.2, -0.15) is 0 Å². The molecule has 4 aliphatic rings. The number of Topliss-reactive ketones (excluding diaryl/α,β-unsaturated/α-hetero) is 1. The van der Waals surface area contributed by atoms with Crippen molar-refractivity contribution in [1.82, 2.24) is 5.32 Å². The van der Waals surface area contributed by atoms with Crippen molar-refractivity contribution < 1.29 is 112 Å². The average Bonchev–Trinajstić information content (AvgIpc) is 0.683. The topological polar surface area (TPSA) is 353 Å². The van der Waals surface area contributed by atoms with E-state index in [2.05, 4.69) is 5.32 Å². The number of benzene rings is 3. The molecule has 3 fully saturated rings. The minimum Gasteiger partial charge on any atom is -0.457 e. The Kier molecular flexibility index (Phi) is 21.0. The van der Waals surface area contributed by atoms with Crippen molar-refractivity contribution in [2.75, 3.05) is 46.2 Å². The molecule has 1 heterocycles. The van der Waals surface area contributed by atoms with E-state index in [0.29, 0.717) is 0 Å². The summed E-state index contributed by atoms with van der Waals surface area (Å²) in [6.45, 7) is 4.22. The van der Waals surface area contributed by atoms with E-state index in [9.17, 15) is 59.4 Å². The van der Waals surface area contributed by atoms with Gasteiger partial charge in [0.05, 0.1) is 82.1 Å². The van der Waals surface area contributed by atoms with E-state index in [1.807, 2.05) is 0 Å². The van der Waals surface area contributed by atoms with E-state index < -0.39 is 202 Å². The van der Waals surface area contributed by atoms with Crippen molar-refractivity contribution in [1.29, 1.82) is 0 Å². The van der Waals surface area contributed by atoms with Gasteiger partial charge in [-0.3, -0.25) is 28.8 Å². The van der Waals surface area contributed by atoms with Gasteiger partial charge in [-0.05, 0) is 54.8 Å². The Bertz CT molecular complexity index is 2860. The van der Waals surface area contributed by atoms with Gasteiger partial charge < -0.3 is 78.6 Å². The number of carbonyl (C=O) groups is 8. The predicted molar refractivity (Wildman–Crippen MR) is 289 cm³/mol. The van der Waals surface area contributed by atoms with Crippen LogP contribution in [0.5, 0.6) is 0 Å². The van der Waals surface area contributed by atoms with E-state index in [4.69, 9.17) is 42.6 Å². The number of ketones is 1. The van der Waals surface area contributed by atoms with Crippen LogP contribution in [0.1, 0.15) is 99.5 Å². The fourth-order valence-electron chi connectivity index (χ4n) is 11.9. The third kappa shape index (κ3) is 13.4. The minimum atomic E-state index is -2.57. The van der Waals surface area contributed by atoms with Crippen LogP contribution in [-0.2, 0) is 71.4 Å². The van der Waals surface area contributed by atoms with Crippen molar-refractivity contribution in [3.8, 4) is 0 Å². The number of carbonyl (C=O) groups excluding carboxylic acids is 8. The van der Waals surface area contributed by atoms with Crippen molar-refractivity contribution in [2.45, 2.75) is 139 Å². The molecular formula is C60H73NO23. The first-order valence-electron chi connectivity index (χ1n) is 27.5. The Morgan fingerprint density at radius 1 is 0.702 bits per heavy atom. The summed E-state index contributed by atoms with van der Waals surface area (Å²) in [6, 6.07) is 21.7. The van der Waals surface area contributed by atoms with Crippen LogP contribution in [0.25, 0.3) is 0 Å². The van der Waals surface area contributed by atoms with Gasteiger partial charge in [-0.15, -0.1) is 0 Å². The average molecular weight is 1180 g/mol. The molecule has 7 rings (SSSR count). The number of aliphatic hydroxyl groups is 6. The van der Waals surface area contributed by atoms with Gasteiger partial charge in [0.15, 0.2) is 17.5 Å². The number of amides is 1. The number of hydrogen-bond donors (Lipinski definition) is 7. The summed E-state index contributed by atoms with van der Waals surface area (Å²) >= 11 is 0. The van der Waals surface area contributed by atoms with Crippen LogP contribution in [-0.4, -0.2) is 191 Å². The molecule has 3 aromatic rings. The summed E-state index contributed by atoms with van der Waals surface area (Å²) in [4.78, 5) is 114. The number of nitrogens with one attached hydrogen (secondary N) is 1. The monoisotopic (exact) mass is 1180 g/mol. The molecule has 0 radical (unpaired) electrons. The fraction of sp³-hybridized carbons (Fsp3) is 0.533. The zero-order valence-electron chi connectivity index (χ0n) is 47.4. The molecule has 0 unspecified atom stereocenters. The SMILES string of the molecule is CC(=O)O[C@H]1C(=O)[C@@]2(C)[C@H]([C@H](OC(=O)c3ccccc3)[C@]3(O)C[C@H](OC(=O)[C@H](OC(=O)CCC(=O)OC(COC(CO)CO)COC(CO)CO)[C@@H](NC(=O)c4ccccc4)c4ccccc4)C(C)=C1C3(C)C)[C@]1(OC(C)=O)CO[C@@H]1C[C@@H]2O. The predicted octanol–water partition coefficient (Wildman–Crippen LogP) is 1.72. The number of esters is 6. The van der Waals surface area contributed by atoms with Gasteiger partial charge in [0.25, 0.3) is 5.91 Å². The maximum absolute atomic E-state index is 15.8. The lowest BCUT2D eigenvalue weighted by molar-refractivity contribution is -0.346. The summed E-state index contributed by atoms with van der Waals surface area (Å²) in [5.41, 5.74) is -8.23. The van der Waals surface area contributed by atoms with Gasteiger partial charge in [0, 0.05) is 37.7 Å². The molecule has 2 saturated carbocycles. The lowest BCUT2D eigenvalue weighted by atomic mass is 9.44. The Balaban J connectivity index is 1.32. The fourth-order valence-corrected chi connectivity index (χ4v) is 11.9. The number of aliphatic hydroxyl groups excluding tert-OH is 5. The Morgan fingerprint density at radius 2 is 1.24 bits per heavy atom. The first-order valence-corrected chi connectivity index (χ1v) is 27.5. The molecule has 1 amide bonds. The van der Waals surface area contributed by atoms with Gasteiger partial charge in [-0.25, -0.2) is 9.59 Å². The molecule has 3 aliphatic carbocycles. The molecule has 2 bridgehead atoms. The van der Waals surface area contributed by atoms with Crippen LogP contribution < -0.4 is 5.32 Å². The quantitative estimate of drug-likeness (QED) is 0.0361. The normalized spacial score (nSPS) is 26.7. The van der Waals surface area contributed by atoms with Crippen LogP contribution in [0, 0.1) is 16.7 Å². The molecule has 0 aromatic heterocycles. The van der Waals surface area contributed by atoms with Crippen LogP contribution >= 0.6 is 0 Å². The molecule has 84 heavy (non-hydrogen) atoms. The van der Waals surface area contributed by atoms with E-state index >= 15 is 9.59 Å². The second kappa shape index (κ2) is 27.4. The van der Waals surface area contributed by atoms with Crippen molar-refractivity contribution in [3.63, 3.8) is 0 Å². The van der Waals surface area contributed by atoms with Crippen molar-refractivity contribution in [2.24, 2.45) is 16.7 Å². The van der Waals surface area contributed by atoms with Crippen LogP contribution in [0.3, 0.4) is 0 Å². The molecule has 1 saturated heterocycles. The summed E-state index contributed by atoms with van der Waals surface area (Å²) < 4.78 is 53.1. The highest BCUT2D eigenvalue weighted by atomic mass is 16.6. The van der Waals surface area contributed by atoms with Crippen molar-refractivity contribution in [3.05, 3.63) is 119 Å². The molecule has 0 spiro atoms. The highest BCUT2D eigenvalue weighted by Gasteiger charge is 2.78. The molecule has 24 heteroatoms. The van der Waals surface area contributed by atoms with Gasteiger partial charge in [0.1, 0.15) is 48.3 Å².